The summed E-state index contributed by atoms with van der Waals surface area (Å²) in [6.07, 6.45) is 59.7. The van der Waals surface area contributed by atoms with Crippen LogP contribution in [0.3, 0.4) is 0 Å². The Bertz CT molecular complexity index is 1200. The lowest BCUT2D eigenvalue weighted by Crippen LogP contribution is -2.30. The van der Waals surface area contributed by atoms with E-state index in [1.165, 1.54) is 25.7 Å². The quantitative estimate of drug-likeness (QED) is 0.0266. The SMILES string of the molecule is CC/C=C\C/C=C\C/C=C\C/C=C\C/C=C\CCCC(=O)OCC(COC(=O)CCCCCCC/C=C\CCCC)OC(=O)CCCCCCC/C=C\C/C=C\CC. The summed E-state index contributed by atoms with van der Waals surface area (Å²) in [5.74, 6) is -1.00. The van der Waals surface area contributed by atoms with Gasteiger partial charge in [0, 0.05) is 19.3 Å². The fourth-order valence-corrected chi connectivity index (χ4v) is 5.85. The first-order valence-corrected chi connectivity index (χ1v) is 23.2. The molecule has 0 aliphatic heterocycles. The molecule has 0 N–H and O–H groups in total. The minimum atomic E-state index is -0.810. The van der Waals surface area contributed by atoms with Crippen LogP contribution in [-0.2, 0) is 28.6 Å². The summed E-state index contributed by atoms with van der Waals surface area (Å²) in [7, 11) is 0. The monoisotopic (exact) mass is 805 g/mol. The van der Waals surface area contributed by atoms with E-state index in [1.807, 2.05) is 0 Å². The second-order valence-electron chi connectivity index (χ2n) is 14.9. The Morgan fingerprint density at radius 3 is 1.14 bits per heavy atom. The number of esters is 3. The lowest BCUT2D eigenvalue weighted by molar-refractivity contribution is -0.167. The van der Waals surface area contributed by atoms with Gasteiger partial charge in [-0.2, -0.15) is 0 Å². The maximum Gasteiger partial charge on any atom is 0.306 e. The minimum absolute atomic E-state index is 0.107. The molecule has 0 spiro atoms. The van der Waals surface area contributed by atoms with Crippen LogP contribution in [0.5, 0.6) is 0 Å². The second-order valence-corrected chi connectivity index (χ2v) is 14.9. The highest BCUT2D eigenvalue weighted by Gasteiger charge is 2.19. The summed E-state index contributed by atoms with van der Waals surface area (Å²) in [5, 5.41) is 0. The van der Waals surface area contributed by atoms with E-state index in [2.05, 4.69) is 118 Å². The van der Waals surface area contributed by atoms with Crippen LogP contribution in [0.4, 0.5) is 0 Å². The molecule has 0 aromatic heterocycles. The molecule has 0 amide bonds. The third kappa shape index (κ3) is 43.5. The first-order chi connectivity index (χ1) is 28.5. The molecule has 1 unspecified atom stereocenters. The summed E-state index contributed by atoms with van der Waals surface area (Å²) < 4.78 is 16.6. The molecule has 0 aliphatic carbocycles. The van der Waals surface area contributed by atoms with Crippen molar-refractivity contribution in [2.45, 2.75) is 200 Å². The van der Waals surface area contributed by atoms with Gasteiger partial charge in [-0.15, -0.1) is 0 Å². The lowest BCUT2D eigenvalue weighted by atomic mass is 10.1. The normalized spacial score (nSPS) is 12.9. The predicted molar refractivity (Wildman–Crippen MR) is 247 cm³/mol. The number of unbranched alkanes of at least 4 members (excludes halogenated alkanes) is 13. The zero-order valence-corrected chi connectivity index (χ0v) is 37.3. The Morgan fingerprint density at radius 2 is 0.690 bits per heavy atom. The average molecular weight is 805 g/mol. The molecule has 6 heteroatoms. The van der Waals surface area contributed by atoms with Crippen LogP contribution < -0.4 is 0 Å². The van der Waals surface area contributed by atoms with Gasteiger partial charge in [-0.25, -0.2) is 0 Å². The lowest BCUT2D eigenvalue weighted by Gasteiger charge is -2.18. The Kier molecular flexibility index (Phi) is 43.1. The largest absolute Gasteiger partial charge is 0.462 e. The van der Waals surface area contributed by atoms with Gasteiger partial charge in [0.15, 0.2) is 6.10 Å². The van der Waals surface area contributed by atoms with Crippen LogP contribution >= 0.6 is 0 Å². The number of ether oxygens (including phenoxy) is 3. The standard InChI is InChI=1S/C52H84O6/c1-4-7-10-13-16-19-22-24-25-26-27-28-31-33-36-39-42-45-51(54)57-48-49(47-56-50(53)44-41-38-35-32-29-21-18-15-12-9-6-3)58-52(55)46-43-40-37-34-30-23-20-17-14-11-8-5-2/h7-8,10-11,15-20,24-25,27-28,33,36,49H,4-6,9,12-14,21-23,26,29-32,34-35,37-48H2,1-3H3/b10-7-,11-8-,18-15-,19-16-,20-17-,25-24-,28-27-,36-33-. The summed E-state index contributed by atoms with van der Waals surface area (Å²) >= 11 is 0. The number of rotatable bonds is 40. The number of allylic oxidation sites excluding steroid dienone is 16. The topological polar surface area (TPSA) is 78.9 Å². The molecule has 0 radical (unpaired) electrons. The van der Waals surface area contributed by atoms with Gasteiger partial charge in [0.05, 0.1) is 0 Å². The number of carbonyl (C=O) groups excluding carboxylic acids is 3. The fraction of sp³-hybridized carbons (Fsp3) is 0.635. The van der Waals surface area contributed by atoms with Gasteiger partial charge in [0.1, 0.15) is 13.2 Å². The van der Waals surface area contributed by atoms with Crippen LogP contribution in [0.15, 0.2) is 97.2 Å². The molecule has 328 valence electrons. The van der Waals surface area contributed by atoms with Crippen LogP contribution in [0, 0.1) is 0 Å². The molecular formula is C52H84O6. The van der Waals surface area contributed by atoms with Crippen molar-refractivity contribution in [2.75, 3.05) is 13.2 Å². The maximum absolute atomic E-state index is 12.7. The fourth-order valence-electron chi connectivity index (χ4n) is 5.85. The van der Waals surface area contributed by atoms with Crippen molar-refractivity contribution in [3.8, 4) is 0 Å². The Morgan fingerprint density at radius 1 is 0.362 bits per heavy atom. The van der Waals surface area contributed by atoms with Gasteiger partial charge in [-0.3, -0.25) is 14.4 Å². The predicted octanol–water partition coefficient (Wildman–Crippen LogP) is 15.0. The van der Waals surface area contributed by atoms with Crippen LogP contribution in [0.25, 0.3) is 0 Å². The van der Waals surface area contributed by atoms with Crippen LogP contribution in [0.1, 0.15) is 194 Å². The van der Waals surface area contributed by atoms with E-state index in [1.54, 1.807) is 0 Å². The summed E-state index contributed by atoms with van der Waals surface area (Å²) in [6, 6.07) is 0. The van der Waals surface area contributed by atoms with E-state index in [9.17, 15) is 14.4 Å². The highest BCUT2D eigenvalue weighted by Crippen LogP contribution is 2.12. The molecule has 0 saturated heterocycles. The van der Waals surface area contributed by atoms with Crippen molar-refractivity contribution in [1.82, 2.24) is 0 Å². The molecule has 0 heterocycles. The first-order valence-electron chi connectivity index (χ1n) is 23.2. The van der Waals surface area contributed by atoms with Gasteiger partial charge in [-0.05, 0) is 103 Å². The van der Waals surface area contributed by atoms with Gasteiger partial charge >= 0.3 is 17.9 Å². The number of hydrogen-bond donors (Lipinski definition) is 0. The van der Waals surface area contributed by atoms with E-state index < -0.39 is 6.10 Å². The van der Waals surface area contributed by atoms with Gasteiger partial charge < -0.3 is 14.2 Å². The molecule has 1 atom stereocenters. The van der Waals surface area contributed by atoms with Crippen molar-refractivity contribution < 1.29 is 28.6 Å². The zero-order valence-electron chi connectivity index (χ0n) is 37.3. The molecule has 0 bridgehead atoms. The first kappa shape index (κ1) is 54.3. The number of hydrogen-bond acceptors (Lipinski definition) is 6. The third-order valence-electron chi connectivity index (χ3n) is 9.30. The highest BCUT2D eigenvalue weighted by atomic mass is 16.6. The Labute approximate surface area is 356 Å². The van der Waals surface area contributed by atoms with E-state index in [0.29, 0.717) is 19.3 Å². The smallest absolute Gasteiger partial charge is 0.306 e. The number of carbonyl (C=O) groups is 3. The van der Waals surface area contributed by atoms with E-state index >= 15 is 0 Å². The van der Waals surface area contributed by atoms with Gasteiger partial charge in [-0.1, -0.05) is 169 Å². The average Bonchev–Trinajstić information content (AvgIpc) is 3.22. The Balaban J connectivity index is 4.51. The highest BCUT2D eigenvalue weighted by molar-refractivity contribution is 5.71. The van der Waals surface area contributed by atoms with Crippen LogP contribution in [0.2, 0.25) is 0 Å². The second kappa shape index (κ2) is 46.0. The van der Waals surface area contributed by atoms with Crippen molar-refractivity contribution in [3.63, 3.8) is 0 Å². The summed E-state index contributed by atoms with van der Waals surface area (Å²) in [6.45, 7) is 6.28. The molecular weight excluding hydrogens is 721 g/mol. The minimum Gasteiger partial charge on any atom is -0.462 e. The Hall–Kier alpha value is -3.67. The van der Waals surface area contributed by atoms with Crippen molar-refractivity contribution in [3.05, 3.63) is 97.2 Å². The van der Waals surface area contributed by atoms with Crippen molar-refractivity contribution >= 4 is 17.9 Å². The van der Waals surface area contributed by atoms with Crippen molar-refractivity contribution in [1.29, 1.82) is 0 Å². The molecule has 58 heavy (non-hydrogen) atoms. The zero-order chi connectivity index (χ0) is 42.3. The molecule has 6 nitrogen and oxygen atoms in total. The third-order valence-corrected chi connectivity index (χ3v) is 9.30. The van der Waals surface area contributed by atoms with E-state index in [0.717, 1.165) is 122 Å². The van der Waals surface area contributed by atoms with E-state index in [4.69, 9.17) is 14.2 Å². The molecule has 0 aromatic rings. The summed E-state index contributed by atoms with van der Waals surface area (Å²) in [4.78, 5) is 37.7. The molecule has 0 rings (SSSR count). The van der Waals surface area contributed by atoms with Crippen molar-refractivity contribution in [2.24, 2.45) is 0 Å². The van der Waals surface area contributed by atoms with Crippen LogP contribution in [-0.4, -0.2) is 37.2 Å². The van der Waals surface area contributed by atoms with E-state index in [-0.39, 0.29) is 37.5 Å². The summed E-state index contributed by atoms with van der Waals surface area (Å²) in [5.41, 5.74) is 0. The van der Waals surface area contributed by atoms with Gasteiger partial charge in [0.25, 0.3) is 0 Å². The molecule has 0 aliphatic rings. The molecule has 0 aromatic carbocycles. The maximum atomic E-state index is 12.7. The molecule has 0 fully saturated rings. The molecule has 0 saturated carbocycles. The van der Waals surface area contributed by atoms with Gasteiger partial charge in [0.2, 0.25) is 0 Å².